The first-order valence-electron chi connectivity index (χ1n) is 12.4. The third-order valence-electron chi connectivity index (χ3n) is 7.26. The van der Waals surface area contributed by atoms with E-state index in [1.165, 1.54) is 6.07 Å². The number of carbonyl (C=O) groups is 2. The molecule has 0 bridgehead atoms. The summed E-state index contributed by atoms with van der Waals surface area (Å²) in [5.41, 5.74) is 1.24. The molecular weight excluding hydrogens is 514 g/mol. The molecular formula is C30H29Cl2FO4. The Hall–Kier alpha value is -2.63. The van der Waals surface area contributed by atoms with Crippen molar-refractivity contribution < 1.29 is 23.5 Å². The van der Waals surface area contributed by atoms with E-state index in [-0.39, 0.29) is 39.8 Å². The maximum absolute atomic E-state index is 14.3. The van der Waals surface area contributed by atoms with Crippen molar-refractivity contribution in [3.8, 4) is 5.75 Å². The summed E-state index contributed by atoms with van der Waals surface area (Å²) in [5.74, 6) is 0.184. The number of benzene rings is 2. The summed E-state index contributed by atoms with van der Waals surface area (Å²) < 4.78 is 26.8. The van der Waals surface area contributed by atoms with Crippen LogP contribution >= 0.6 is 23.2 Å². The van der Waals surface area contributed by atoms with Crippen LogP contribution in [0.25, 0.3) is 0 Å². The Labute approximate surface area is 226 Å². The topological polar surface area (TPSA) is 52.6 Å². The molecule has 3 aliphatic rings. The van der Waals surface area contributed by atoms with Crippen LogP contribution in [0, 0.1) is 16.6 Å². The zero-order valence-electron chi connectivity index (χ0n) is 21.3. The number of carbonyl (C=O) groups excluding carboxylic acids is 2. The quantitative estimate of drug-likeness (QED) is 0.391. The minimum absolute atomic E-state index is 0.0726. The Morgan fingerprint density at radius 2 is 1.49 bits per heavy atom. The van der Waals surface area contributed by atoms with Crippen LogP contribution in [0.1, 0.15) is 70.4 Å². The molecule has 0 amide bonds. The van der Waals surface area contributed by atoms with E-state index in [2.05, 4.69) is 0 Å². The van der Waals surface area contributed by atoms with Crippen LogP contribution in [0.15, 0.2) is 59.1 Å². The minimum Gasteiger partial charge on any atom is -0.487 e. The molecule has 1 heterocycles. The number of Topliss-reactive ketones (excluding diaryl/α,β-unsaturated/α-hetero) is 2. The summed E-state index contributed by atoms with van der Waals surface area (Å²) in [6.45, 7) is 8.06. The van der Waals surface area contributed by atoms with Crippen LogP contribution in [0.5, 0.6) is 5.75 Å². The predicted molar refractivity (Wildman–Crippen MR) is 141 cm³/mol. The zero-order valence-corrected chi connectivity index (χ0v) is 22.9. The van der Waals surface area contributed by atoms with Crippen LogP contribution in [-0.2, 0) is 20.9 Å². The summed E-state index contributed by atoms with van der Waals surface area (Å²) in [4.78, 5) is 27.2. The van der Waals surface area contributed by atoms with Crippen molar-refractivity contribution in [3.05, 3.63) is 86.1 Å². The second-order valence-corrected chi connectivity index (χ2v) is 12.6. The van der Waals surface area contributed by atoms with Crippen molar-refractivity contribution in [2.45, 2.75) is 65.9 Å². The van der Waals surface area contributed by atoms with E-state index in [4.69, 9.17) is 32.7 Å². The van der Waals surface area contributed by atoms with Crippen molar-refractivity contribution in [3.63, 3.8) is 0 Å². The Morgan fingerprint density at radius 1 is 0.919 bits per heavy atom. The molecule has 0 spiro atoms. The van der Waals surface area contributed by atoms with Gasteiger partial charge in [-0.3, -0.25) is 9.59 Å². The first-order valence-corrected chi connectivity index (χ1v) is 13.2. The molecule has 0 atom stereocenters. The van der Waals surface area contributed by atoms with Gasteiger partial charge in [-0.1, -0.05) is 69.1 Å². The number of hydrogen-bond donors (Lipinski definition) is 0. The third-order valence-corrected chi connectivity index (χ3v) is 7.76. The van der Waals surface area contributed by atoms with E-state index in [0.29, 0.717) is 64.5 Å². The lowest BCUT2D eigenvalue weighted by Gasteiger charge is -2.43. The summed E-state index contributed by atoms with van der Waals surface area (Å²) in [7, 11) is 0. The number of rotatable bonds is 4. The zero-order chi connectivity index (χ0) is 26.7. The van der Waals surface area contributed by atoms with Gasteiger partial charge in [-0.2, -0.15) is 0 Å². The number of halogens is 3. The molecule has 0 unspecified atom stereocenters. The molecule has 0 saturated heterocycles. The first-order chi connectivity index (χ1) is 17.3. The first kappa shape index (κ1) is 26.0. The van der Waals surface area contributed by atoms with Gasteiger partial charge in [0.05, 0.1) is 10.9 Å². The van der Waals surface area contributed by atoms with E-state index in [0.717, 1.165) is 0 Å². The molecule has 194 valence electrons. The predicted octanol–water partition coefficient (Wildman–Crippen LogP) is 8.11. The highest BCUT2D eigenvalue weighted by Crippen LogP contribution is 2.55. The number of allylic oxidation sites excluding steroid dienone is 4. The fourth-order valence-corrected chi connectivity index (χ4v) is 6.26. The smallest absolute Gasteiger partial charge is 0.163 e. The molecule has 2 aliphatic carbocycles. The molecule has 7 heteroatoms. The fraction of sp³-hybridized carbons (Fsp3) is 0.400. The molecule has 37 heavy (non-hydrogen) atoms. The average Bonchev–Trinajstić information content (AvgIpc) is 2.76. The van der Waals surface area contributed by atoms with E-state index in [1.807, 2.05) is 27.7 Å². The van der Waals surface area contributed by atoms with E-state index in [1.54, 1.807) is 30.3 Å². The normalized spacial score (nSPS) is 20.9. The van der Waals surface area contributed by atoms with Gasteiger partial charge >= 0.3 is 0 Å². The maximum Gasteiger partial charge on any atom is 0.163 e. The lowest BCUT2D eigenvalue weighted by Crippen LogP contribution is -2.37. The van der Waals surface area contributed by atoms with E-state index < -0.39 is 11.7 Å². The molecule has 5 rings (SSSR count). The van der Waals surface area contributed by atoms with Gasteiger partial charge in [0.15, 0.2) is 11.6 Å². The van der Waals surface area contributed by atoms with Crippen molar-refractivity contribution in [2.75, 3.05) is 0 Å². The standard InChI is InChI=1S/C30H29Cl2FO4/c1-29(2)11-21(34)26-23(13-29)37-24-14-30(3,4)12-22(35)27(24)25(26)18-9-17(31)10-19(32)28(18)36-15-16-7-5-6-8-20(16)33/h5-10,25H,11-15H2,1-4H3. The van der Waals surface area contributed by atoms with Crippen molar-refractivity contribution >= 4 is 34.8 Å². The molecule has 4 nitrogen and oxygen atoms in total. The van der Waals surface area contributed by atoms with Gasteiger partial charge in [0.1, 0.15) is 29.7 Å². The molecule has 1 aliphatic heterocycles. The number of ketones is 2. The second kappa shape index (κ2) is 9.28. The monoisotopic (exact) mass is 542 g/mol. The van der Waals surface area contributed by atoms with Gasteiger partial charge < -0.3 is 9.47 Å². The second-order valence-electron chi connectivity index (χ2n) is 11.8. The van der Waals surface area contributed by atoms with Gasteiger partial charge in [-0.15, -0.1) is 0 Å². The van der Waals surface area contributed by atoms with Gasteiger partial charge in [0.2, 0.25) is 0 Å². The van der Waals surface area contributed by atoms with Gasteiger partial charge in [0.25, 0.3) is 0 Å². The Balaban J connectivity index is 1.69. The molecule has 2 aromatic rings. The number of hydrogen-bond acceptors (Lipinski definition) is 4. The molecule has 0 fully saturated rings. The SMILES string of the molecule is CC1(C)CC(=O)C2=C(C1)OC1=C(C(=O)CC(C)(C)C1)C2c1cc(Cl)cc(Cl)c1OCc1ccccc1F. The molecule has 0 radical (unpaired) electrons. The molecule has 2 aromatic carbocycles. The lowest BCUT2D eigenvalue weighted by atomic mass is 9.65. The molecule has 0 N–H and O–H groups in total. The average molecular weight is 543 g/mol. The van der Waals surface area contributed by atoms with Crippen LogP contribution in [-0.4, -0.2) is 11.6 Å². The van der Waals surface area contributed by atoms with Crippen LogP contribution < -0.4 is 4.74 Å². The van der Waals surface area contributed by atoms with Gasteiger partial charge in [-0.25, -0.2) is 4.39 Å². The van der Waals surface area contributed by atoms with E-state index >= 15 is 0 Å². The van der Waals surface area contributed by atoms with Crippen LogP contribution in [0.3, 0.4) is 0 Å². The van der Waals surface area contributed by atoms with Crippen LogP contribution in [0.2, 0.25) is 10.0 Å². The van der Waals surface area contributed by atoms with Gasteiger partial charge in [-0.05, 0) is 29.0 Å². The third kappa shape index (κ3) is 4.96. The van der Waals surface area contributed by atoms with Gasteiger partial charge in [0, 0.05) is 53.0 Å². The van der Waals surface area contributed by atoms with E-state index in [9.17, 15) is 14.0 Å². The largest absolute Gasteiger partial charge is 0.487 e. The minimum atomic E-state index is -0.724. The van der Waals surface area contributed by atoms with Crippen molar-refractivity contribution in [1.82, 2.24) is 0 Å². The summed E-state index contributed by atoms with van der Waals surface area (Å²) in [6.07, 6.45) is 1.78. The Kier molecular flexibility index (Phi) is 6.52. The Bertz CT molecular complexity index is 1330. The van der Waals surface area contributed by atoms with Crippen molar-refractivity contribution in [1.29, 1.82) is 0 Å². The highest BCUT2D eigenvalue weighted by atomic mass is 35.5. The van der Waals surface area contributed by atoms with Crippen molar-refractivity contribution in [2.24, 2.45) is 10.8 Å². The lowest BCUT2D eigenvalue weighted by molar-refractivity contribution is -0.120. The molecule has 0 saturated carbocycles. The summed E-state index contributed by atoms with van der Waals surface area (Å²) >= 11 is 13.1. The highest BCUT2D eigenvalue weighted by Gasteiger charge is 2.48. The summed E-state index contributed by atoms with van der Waals surface area (Å²) in [6, 6.07) is 9.56. The Morgan fingerprint density at radius 3 is 2.05 bits per heavy atom. The summed E-state index contributed by atoms with van der Waals surface area (Å²) in [5, 5.41) is 0.572. The fourth-order valence-electron chi connectivity index (χ4n) is 5.70. The van der Waals surface area contributed by atoms with Crippen LogP contribution in [0.4, 0.5) is 4.39 Å². The molecule has 0 aromatic heterocycles. The maximum atomic E-state index is 14.3. The highest BCUT2D eigenvalue weighted by molar-refractivity contribution is 6.35. The number of ether oxygens (including phenoxy) is 2.